The molecule has 4 rings (SSSR count). The molecular formula is C18H16O3S. The van der Waals surface area contributed by atoms with Gasteiger partial charge in [0.2, 0.25) is 0 Å². The molecule has 2 aromatic rings. The zero-order valence-corrected chi connectivity index (χ0v) is 12.8. The van der Waals surface area contributed by atoms with Crippen molar-refractivity contribution < 1.29 is 13.2 Å². The van der Waals surface area contributed by atoms with E-state index in [1.165, 1.54) is 0 Å². The standard InChI is InChI=1S/C18H16O3S/c19-16-11-12-17(14-7-3-1-4-8-14)13-18(16,17)22(20,21)15-9-5-2-6-10-15/h1-10H,11-13H2. The lowest BCUT2D eigenvalue weighted by atomic mass is 9.93. The predicted molar refractivity (Wildman–Crippen MR) is 83.3 cm³/mol. The molecule has 0 heterocycles. The van der Waals surface area contributed by atoms with Crippen LogP contribution < -0.4 is 0 Å². The number of sulfone groups is 1. The summed E-state index contributed by atoms with van der Waals surface area (Å²) < 4.78 is 25.1. The first kappa shape index (κ1) is 13.7. The van der Waals surface area contributed by atoms with Crippen LogP contribution in [0.15, 0.2) is 65.6 Å². The van der Waals surface area contributed by atoms with Crippen molar-refractivity contribution in [2.45, 2.75) is 34.3 Å². The maximum absolute atomic E-state index is 13.2. The van der Waals surface area contributed by atoms with Crippen molar-refractivity contribution >= 4 is 15.6 Å². The van der Waals surface area contributed by atoms with Gasteiger partial charge in [-0.3, -0.25) is 4.79 Å². The summed E-state index contributed by atoms with van der Waals surface area (Å²) in [5.41, 5.74) is 0.445. The van der Waals surface area contributed by atoms with Crippen LogP contribution in [0.5, 0.6) is 0 Å². The highest BCUT2D eigenvalue weighted by Gasteiger charge is 2.81. The fourth-order valence-electron chi connectivity index (χ4n) is 4.11. The minimum atomic E-state index is -3.67. The maximum Gasteiger partial charge on any atom is 0.192 e. The van der Waals surface area contributed by atoms with Gasteiger partial charge in [-0.25, -0.2) is 8.42 Å². The highest BCUT2D eigenvalue weighted by molar-refractivity contribution is 7.94. The molecule has 0 N–H and O–H groups in total. The Kier molecular flexibility index (Phi) is 2.67. The Morgan fingerprint density at radius 3 is 2.09 bits per heavy atom. The van der Waals surface area contributed by atoms with Crippen molar-refractivity contribution in [1.29, 1.82) is 0 Å². The van der Waals surface area contributed by atoms with E-state index in [4.69, 9.17) is 0 Å². The summed E-state index contributed by atoms with van der Waals surface area (Å²) in [6.45, 7) is 0. The second-order valence-corrected chi connectivity index (χ2v) is 8.37. The molecule has 0 radical (unpaired) electrons. The summed E-state index contributed by atoms with van der Waals surface area (Å²) in [5.74, 6) is -0.125. The second kappa shape index (κ2) is 4.29. The van der Waals surface area contributed by atoms with Crippen molar-refractivity contribution in [3.63, 3.8) is 0 Å². The smallest absolute Gasteiger partial charge is 0.192 e. The summed E-state index contributed by atoms with van der Waals surface area (Å²) in [7, 11) is -3.67. The molecule has 0 amide bonds. The third-order valence-electron chi connectivity index (χ3n) is 5.27. The Balaban J connectivity index is 1.89. The lowest BCUT2D eigenvalue weighted by molar-refractivity contribution is -0.118. The Morgan fingerprint density at radius 2 is 1.45 bits per heavy atom. The van der Waals surface area contributed by atoms with Crippen LogP contribution in [-0.4, -0.2) is 18.9 Å². The van der Waals surface area contributed by atoms with Crippen LogP contribution in [-0.2, 0) is 20.0 Å². The van der Waals surface area contributed by atoms with Crippen LogP contribution >= 0.6 is 0 Å². The third-order valence-corrected chi connectivity index (χ3v) is 7.84. The molecule has 0 aliphatic heterocycles. The van der Waals surface area contributed by atoms with Crippen LogP contribution in [0.3, 0.4) is 0 Å². The molecule has 0 saturated heterocycles. The van der Waals surface area contributed by atoms with Crippen molar-refractivity contribution in [2.75, 3.05) is 0 Å². The van der Waals surface area contributed by atoms with Gasteiger partial charge in [0.05, 0.1) is 4.90 Å². The number of fused-ring (bicyclic) bond motifs is 1. The molecular weight excluding hydrogens is 296 g/mol. The van der Waals surface area contributed by atoms with E-state index in [2.05, 4.69) is 0 Å². The Bertz CT molecular complexity index is 842. The van der Waals surface area contributed by atoms with Gasteiger partial charge in [0.25, 0.3) is 0 Å². The molecule has 3 nitrogen and oxygen atoms in total. The van der Waals surface area contributed by atoms with Crippen molar-refractivity contribution in [2.24, 2.45) is 0 Å². The molecule has 0 spiro atoms. The second-order valence-electron chi connectivity index (χ2n) is 6.19. The molecule has 0 bridgehead atoms. The molecule has 2 atom stereocenters. The number of hydrogen-bond donors (Lipinski definition) is 0. The van der Waals surface area contributed by atoms with E-state index in [-0.39, 0.29) is 10.7 Å². The molecule has 0 aromatic heterocycles. The summed E-state index contributed by atoms with van der Waals surface area (Å²) >= 11 is 0. The molecule has 2 fully saturated rings. The number of benzene rings is 2. The number of Topliss-reactive ketones (excluding diaryl/α,β-unsaturated/α-hetero) is 1. The lowest BCUT2D eigenvalue weighted by Crippen LogP contribution is -2.35. The lowest BCUT2D eigenvalue weighted by Gasteiger charge is -2.18. The minimum Gasteiger partial charge on any atom is -0.298 e. The monoisotopic (exact) mass is 312 g/mol. The van der Waals surface area contributed by atoms with Crippen molar-refractivity contribution in [1.82, 2.24) is 0 Å². The van der Waals surface area contributed by atoms with E-state index >= 15 is 0 Å². The highest BCUT2D eigenvalue weighted by Crippen LogP contribution is 2.70. The fraction of sp³-hybridized carbons (Fsp3) is 0.278. The molecule has 2 aliphatic carbocycles. The molecule has 2 aromatic carbocycles. The Labute approximate surface area is 129 Å². The number of hydrogen-bond acceptors (Lipinski definition) is 3. The highest BCUT2D eigenvalue weighted by atomic mass is 32.2. The Hall–Kier alpha value is -1.94. The van der Waals surface area contributed by atoms with Gasteiger partial charge < -0.3 is 0 Å². The van der Waals surface area contributed by atoms with Gasteiger partial charge in [0.1, 0.15) is 4.75 Å². The quantitative estimate of drug-likeness (QED) is 0.875. The van der Waals surface area contributed by atoms with Crippen LogP contribution in [0.2, 0.25) is 0 Å². The van der Waals surface area contributed by atoms with Gasteiger partial charge in [-0.15, -0.1) is 0 Å². The van der Waals surface area contributed by atoms with E-state index in [0.29, 0.717) is 19.3 Å². The Morgan fingerprint density at radius 1 is 0.864 bits per heavy atom. The fourth-order valence-corrected chi connectivity index (χ4v) is 6.60. The summed E-state index contributed by atoms with van der Waals surface area (Å²) in [4.78, 5) is 12.8. The van der Waals surface area contributed by atoms with E-state index in [0.717, 1.165) is 5.56 Å². The van der Waals surface area contributed by atoms with Gasteiger partial charge in [-0.05, 0) is 30.5 Å². The third kappa shape index (κ3) is 1.46. The van der Waals surface area contributed by atoms with Gasteiger partial charge in [-0.2, -0.15) is 0 Å². The molecule has 2 saturated carbocycles. The molecule has 112 valence electrons. The van der Waals surface area contributed by atoms with Gasteiger partial charge in [0.15, 0.2) is 15.6 Å². The number of carbonyl (C=O) groups excluding carboxylic acids is 1. The summed E-state index contributed by atoms with van der Waals surface area (Å²) in [6, 6.07) is 18.0. The SMILES string of the molecule is O=C1CCC2(c3ccccc3)CC12S(=O)(=O)c1ccccc1. The average Bonchev–Trinajstić information content (AvgIpc) is 3.19. The minimum absolute atomic E-state index is 0.125. The molecule has 2 unspecified atom stereocenters. The number of carbonyl (C=O) groups is 1. The van der Waals surface area contributed by atoms with E-state index < -0.39 is 20.0 Å². The number of ketones is 1. The van der Waals surface area contributed by atoms with Crippen molar-refractivity contribution in [3.05, 3.63) is 66.2 Å². The zero-order valence-electron chi connectivity index (χ0n) is 12.0. The largest absolute Gasteiger partial charge is 0.298 e. The van der Waals surface area contributed by atoms with Crippen LogP contribution in [0.25, 0.3) is 0 Å². The van der Waals surface area contributed by atoms with Crippen LogP contribution in [0, 0.1) is 0 Å². The summed E-state index contributed by atoms with van der Waals surface area (Å²) in [6.07, 6.45) is 1.39. The molecule has 4 heteroatoms. The molecule has 2 aliphatic rings. The van der Waals surface area contributed by atoms with Gasteiger partial charge >= 0.3 is 0 Å². The van der Waals surface area contributed by atoms with E-state index in [1.54, 1.807) is 30.3 Å². The normalized spacial score (nSPS) is 30.1. The van der Waals surface area contributed by atoms with Gasteiger partial charge in [-0.1, -0.05) is 48.5 Å². The maximum atomic E-state index is 13.2. The van der Waals surface area contributed by atoms with E-state index in [9.17, 15) is 13.2 Å². The number of rotatable bonds is 3. The van der Waals surface area contributed by atoms with Crippen molar-refractivity contribution in [3.8, 4) is 0 Å². The average molecular weight is 312 g/mol. The first-order chi connectivity index (χ1) is 10.5. The summed E-state index contributed by atoms with van der Waals surface area (Å²) in [5, 5.41) is 0. The first-order valence-electron chi connectivity index (χ1n) is 7.43. The molecule has 22 heavy (non-hydrogen) atoms. The first-order valence-corrected chi connectivity index (χ1v) is 8.91. The van der Waals surface area contributed by atoms with E-state index in [1.807, 2.05) is 30.3 Å². The topological polar surface area (TPSA) is 51.2 Å². The van der Waals surface area contributed by atoms with Gasteiger partial charge in [0, 0.05) is 11.8 Å². The predicted octanol–water partition coefficient (Wildman–Crippen LogP) is 2.90. The van der Waals surface area contributed by atoms with Crippen LogP contribution in [0.4, 0.5) is 0 Å². The van der Waals surface area contributed by atoms with Crippen LogP contribution in [0.1, 0.15) is 24.8 Å². The zero-order chi connectivity index (χ0) is 15.4.